The Labute approximate surface area is 166 Å². The number of hydrogen-bond donors (Lipinski definition) is 1. The third kappa shape index (κ3) is 3.32. The average Bonchev–Trinajstić information content (AvgIpc) is 3.23. The molecule has 5 rings (SSSR count). The molecule has 29 heavy (non-hydrogen) atoms. The normalized spacial score (nSPS) is 14.3. The van der Waals surface area contributed by atoms with Crippen LogP contribution in [0.2, 0.25) is 0 Å². The van der Waals surface area contributed by atoms with Crippen molar-refractivity contribution in [3.8, 4) is 17.2 Å². The molecule has 9 heteroatoms. The van der Waals surface area contributed by atoms with Crippen molar-refractivity contribution in [2.24, 2.45) is 0 Å². The average molecular weight is 386 g/mol. The molecule has 5 heterocycles. The van der Waals surface area contributed by atoms with Gasteiger partial charge < -0.3 is 10.2 Å². The van der Waals surface area contributed by atoms with E-state index in [9.17, 15) is 4.79 Å². The number of nitrogens with zero attached hydrogens (tertiary/aromatic N) is 7. The Balaban J connectivity index is 1.56. The van der Waals surface area contributed by atoms with E-state index in [2.05, 4.69) is 30.3 Å². The zero-order valence-electron chi connectivity index (χ0n) is 15.6. The molecule has 1 aliphatic rings. The van der Waals surface area contributed by atoms with Gasteiger partial charge in [-0.05, 0) is 18.2 Å². The van der Waals surface area contributed by atoms with E-state index >= 15 is 0 Å². The van der Waals surface area contributed by atoms with Crippen molar-refractivity contribution in [1.29, 1.82) is 0 Å². The molecule has 0 spiro atoms. The van der Waals surface area contributed by atoms with E-state index in [0.717, 1.165) is 48.7 Å². The van der Waals surface area contributed by atoms with E-state index in [4.69, 9.17) is 4.98 Å². The van der Waals surface area contributed by atoms with Crippen molar-refractivity contribution < 1.29 is 4.79 Å². The van der Waals surface area contributed by atoms with Crippen LogP contribution in [-0.4, -0.2) is 62.2 Å². The predicted octanol–water partition coefficient (Wildman–Crippen LogP) is 1.49. The molecular weight excluding hydrogens is 368 g/mol. The van der Waals surface area contributed by atoms with Crippen LogP contribution >= 0.6 is 0 Å². The van der Waals surface area contributed by atoms with E-state index in [1.807, 2.05) is 24.3 Å². The minimum Gasteiger partial charge on any atom is -0.354 e. The van der Waals surface area contributed by atoms with Gasteiger partial charge in [-0.2, -0.15) is 5.10 Å². The quantitative estimate of drug-likeness (QED) is 0.527. The van der Waals surface area contributed by atoms with Gasteiger partial charge in [-0.3, -0.25) is 14.8 Å². The second-order valence-corrected chi connectivity index (χ2v) is 6.72. The lowest BCUT2D eigenvalue weighted by atomic mass is 10.2. The number of fused-ring (bicyclic) bond motifs is 1. The van der Waals surface area contributed by atoms with Crippen molar-refractivity contribution in [2.75, 3.05) is 31.1 Å². The summed E-state index contributed by atoms with van der Waals surface area (Å²) < 4.78 is 1.79. The zero-order valence-corrected chi connectivity index (χ0v) is 15.6. The first-order valence-electron chi connectivity index (χ1n) is 9.36. The van der Waals surface area contributed by atoms with Crippen LogP contribution in [0.3, 0.4) is 0 Å². The van der Waals surface area contributed by atoms with Crippen molar-refractivity contribution >= 4 is 23.0 Å². The number of anilines is 1. The van der Waals surface area contributed by atoms with Gasteiger partial charge in [0.25, 0.3) is 0 Å². The van der Waals surface area contributed by atoms with Crippen LogP contribution in [0.5, 0.6) is 0 Å². The van der Waals surface area contributed by atoms with Gasteiger partial charge in [-0.1, -0.05) is 6.07 Å². The maximum absolute atomic E-state index is 11.0. The summed E-state index contributed by atoms with van der Waals surface area (Å²) in [7, 11) is 0. The van der Waals surface area contributed by atoms with Gasteiger partial charge in [0, 0.05) is 37.8 Å². The lowest BCUT2D eigenvalue weighted by Gasteiger charge is -2.28. The molecule has 1 N–H and O–H groups in total. The highest BCUT2D eigenvalue weighted by molar-refractivity contribution is 5.83. The Morgan fingerprint density at radius 3 is 2.69 bits per heavy atom. The molecule has 0 bridgehead atoms. The van der Waals surface area contributed by atoms with Crippen LogP contribution < -0.4 is 10.2 Å². The number of pyridine rings is 2. The highest BCUT2D eigenvalue weighted by Crippen LogP contribution is 2.23. The van der Waals surface area contributed by atoms with Crippen LogP contribution in [-0.2, 0) is 0 Å². The van der Waals surface area contributed by atoms with Crippen molar-refractivity contribution in [2.45, 2.75) is 0 Å². The molecule has 1 fully saturated rings. The molecule has 144 valence electrons. The van der Waals surface area contributed by atoms with Crippen LogP contribution in [0.25, 0.3) is 28.1 Å². The number of aromatic nitrogens is 6. The predicted molar refractivity (Wildman–Crippen MR) is 108 cm³/mol. The summed E-state index contributed by atoms with van der Waals surface area (Å²) in [6, 6.07) is 7.84. The van der Waals surface area contributed by atoms with E-state index in [0.29, 0.717) is 17.7 Å². The fourth-order valence-electron chi connectivity index (χ4n) is 3.40. The van der Waals surface area contributed by atoms with Crippen molar-refractivity contribution in [3.63, 3.8) is 0 Å². The number of carbonyl (C=O) groups is 1. The lowest BCUT2D eigenvalue weighted by molar-refractivity contribution is 0.111. The SMILES string of the molecule is O=Cc1cncc(-c2cc3c(cn2)cnn3-c2cccc(N3CCNCC3)n2)n1. The fraction of sp³-hybridized carbons (Fsp3) is 0.200. The number of hydrogen-bond acceptors (Lipinski definition) is 8. The second-order valence-electron chi connectivity index (χ2n) is 6.72. The number of nitrogens with one attached hydrogen (secondary N) is 1. The summed E-state index contributed by atoms with van der Waals surface area (Å²) in [6.07, 6.45) is 7.18. The summed E-state index contributed by atoms with van der Waals surface area (Å²) in [5, 5.41) is 8.76. The fourth-order valence-corrected chi connectivity index (χ4v) is 3.40. The first kappa shape index (κ1) is 17.4. The topological polar surface area (TPSA) is 102 Å². The Morgan fingerprint density at radius 1 is 0.966 bits per heavy atom. The van der Waals surface area contributed by atoms with Crippen LogP contribution in [0.1, 0.15) is 10.5 Å². The Bertz CT molecular complexity index is 1180. The molecule has 1 aliphatic heterocycles. The van der Waals surface area contributed by atoms with E-state index in [-0.39, 0.29) is 5.69 Å². The summed E-state index contributed by atoms with van der Waals surface area (Å²) in [5.41, 5.74) is 2.28. The minimum atomic E-state index is 0.267. The minimum absolute atomic E-state index is 0.267. The first-order valence-corrected chi connectivity index (χ1v) is 9.36. The third-order valence-electron chi connectivity index (χ3n) is 4.87. The van der Waals surface area contributed by atoms with Crippen LogP contribution in [0, 0.1) is 0 Å². The van der Waals surface area contributed by atoms with Crippen LogP contribution in [0.4, 0.5) is 5.82 Å². The molecule has 0 radical (unpaired) electrons. The third-order valence-corrected chi connectivity index (χ3v) is 4.87. The molecular formula is C20H18N8O. The van der Waals surface area contributed by atoms with Crippen LogP contribution in [0.15, 0.2) is 49.1 Å². The summed E-state index contributed by atoms with van der Waals surface area (Å²) in [4.78, 5) is 30.9. The maximum atomic E-state index is 11.0. The summed E-state index contributed by atoms with van der Waals surface area (Å²) in [6.45, 7) is 3.76. The standard InChI is InChI=1S/C20H18N8O/c29-13-15-11-22-12-17(25-15)16-8-18-14(9-23-16)10-24-28(18)20-3-1-2-19(26-20)27-6-4-21-5-7-27/h1-3,8-13,21H,4-7H2. The molecule has 0 unspecified atom stereocenters. The smallest absolute Gasteiger partial charge is 0.170 e. The number of carbonyl (C=O) groups excluding carboxylic acids is 1. The van der Waals surface area contributed by atoms with Gasteiger partial charge in [0.1, 0.15) is 17.2 Å². The van der Waals surface area contributed by atoms with Crippen molar-refractivity contribution in [1.82, 2.24) is 35.0 Å². The molecule has 0 atom stereocenters. The second kappa shape index (κ2) is 7.36. The highest BCUT2D eigenvalue weighted by Gasteiger charge is 2.14. The molecule has 1 saturated heterocycles. The van der Waals surface area contributed by atoms with Gasteiger partial charge in [0.2, 0.25) is 0 Å². The Hall–Kier alpha value is -3.72. The van der Waals surface area contributed by atoms with Gasteiger partial charge in [0.05, 0.1) is 29.8 Å². The van der Waals surface area contributed by atoms with Gasteiger partial charge in [-0.25, -0.2) is 14.6 Å². The maximum Gasteiger partial charge on any atom is 0.170 e. The largest absolute Gasteiger partial charge is 0.354 e. The van der Waals surface area contributed by atoms with Gasteiger partial charge in [0.15, 0.2) is 12.1 Å². The molecule has 0 amide bonds. The monoisotopic (exact) mass is 386 g/mol. The summed E-state index contributed by atoms with van der Waals surface area (Å²) in [5.74, 6) is 1.67. The molecule has 0 aromatic carbocycles. The van der Waals surface area contributed by atoms with Crippen molar-refractivity contribution in [3.05, 3.63) is 54.7 Å². The van der Waals surface area contributed by atoms with E-state index in [1.165, 1.54) is 6.20 Å². The molecule has 4 aromatic heterocycles. The zero-order chi connectivity index (χ0) is 19.6. The Morgan fingerprint density at radius 2 is 1.83 bits per heavy atom. The Kier molecular flexibility index (Phi) is 4.41. The number of rotatable bonds is 4. The number of piperazine rings is 1. The number of aldehydes is 1. The molecule has 9 nitrogen and oxygen atoms in total. The van der Waals surface area contributed by atoms with Gasteiger partial charge >= 0.3 is 0 Å². The van der Waals surface area contributed by atoms with Gasteiger partial charge in [-0.15, -0.1) is 0 Å². The van der Waals surface area contributed by atoms with E-state index in [1.54, 1.807) is 23.3 Å². The van der Waals surface area contributed by atoms with E-state index < -0.39 is 0 Å². The first-order chi connectivity index (χ1) is 14.3. The summed E-state index contributed by atoms with van der Waals surface area (Å²) >= 11 is 0. The molecule has 0 aliphatic carbocycles. The molecule has 0 saturated carbocycles. The lowest BCUT2D eigenvalue weighted by Crippen LogP contribution is -2.43. The molecule has 4 aromatic rings. The highest BCUT2D eigenvalue weighted by atomic mass is 16.1.